The molecule has 0 fully saturated rings. The van der Waals surface area contributed by atoms with Crippen LogP contribution in [0, 0.1) is 27.7 Å². The van der Waals surface area contributed by atoms with Crippen molar-refractivity contribution in [3.63, 3.8) is 0 Å². The number of hydrogen-bond donors (Lipinski definition) is 1. The molecule has 0 aliphatic heterocycles. The predicted molar refractivity (Wildman–Crippen MR) is 74.7 cm³/mol. The first-order valence-electron chi connectivity index (χ1n) is 6.52. The summed E-state index contributed by atoms with van der Waals surface area (Å²) in [5.41, 5.74) is 0.993. The summed E-state index contributed by atoms with van der Waals surface area (Å²) in [7, 11) is 0. The molecule has 0 spiro atoms. The van der Waals surface area contributed by atoms with Gasteiger partial charge in [0.1, 0.15) is 23.3 Å². The van der Waals surface area contributed by atoms with Crippen LogP contribution in [0.3, 0.4) is 0 Å². The van der Waals surface area contributed by atoms with Crippen molar-refractivity contribution >= 4 is 5.82 Å². The first-order valence-corrected chi connectivity index (χ1v) is 6.52. The van der Waals surface area contributed by atoms with E-state index in [-0.39, 0.29) is 0 Å². The minimum absolute atomic E-state index is 0.728. The summed E-state index contributed by atoms with van der Waals surface area (Å²) in [4.78, 5) is 13.3. The third kappa shape index (κ3) is 2.72. The van der Waals surface area contributed by atoms with Gasteiger partial charge in [-0.2, -0.15) is 4.68 Å². The zero-order valence-electron chi connectivity index (χ0n) is 12.2. The highest BCUT2D eigenvalue weighted by atomic mass is 15.4. The van der Waals surface area contributed by atoms with Gasteiger partial charge in [-0.3, -0.25) is 0 Å². The fourth-order valence-electron chi connectivity index (χ4n) is 1.96. The van der Waals surface area contributed by atoms with E-state index in [0.29, 0.717) is 0 Å². The fourth-order valence-corrected chi connectivity index (χ4v) is 1.96. The van der Waals surface area contributed by atoms with E-state index in [1.54, 1.807) is 4.68 Å². The Balaban J connectivity index is 2.51. The normalized spacial score (nSPS) is 10.8. The van der Waals surface area contributed by atoms with E-state index in [2.05, 4.69) is 32.3 Å². The van der Waals surface area contributed by atoms with Gasteiger partial charge in [-0.25, -0.2) is 15.0 Å². The molecule has 0 radical (unpaired) electrons. The summed E-state index contributed by atoms with van der Waals surface area (Å²) in [6, 6.07) is 0. The molecule has 2 aromatic heterocycles. The zero-order chi connectivity index (χ0) is 14.0. The minimum Gasteiger partial charge on any atom is -0.370 e. The summed E-state index contributed by atoms with van der Waals surface area (Å²) in [5.74, 6) is 3.98. The standard InChI is InChI=1S/C13H20N6/c1-6-7-14-12-8(2)13(17-9(3)16-12)19-11(5)15-10(4)18-19/h6-7H2,1-5H3,(H,14,16,17). The van der Waals surface area contributed by atoms with Crippen molar-refractivity contribution in [3.8, 4) is 5.82 Å². The first kappa shape index (κ1) is 13.5. The average molecular weight is 260 g/mol. The van der Waals surface area contributed by atoms with Crippen LogP contribution < -0.4 is 5.32 Å². The van der Waals surface area contributed by atoms with Gasteiger partial charge < -0.3 is 5.32 Å². The number of nitrogens with one attached hydrogen (secondary N) is 1. The number of aromatic nitrogens is 5. The third-order valence-electron chi connectivity index (χ3n) is 2.85. The van der Waals surface area contributed by atoms with Gasteiger partial charge in [-0.1, -0.05) is 6.92 Å². The van der Waals surface area contributed by atoms with Crippen LogP contribution in [0.5, 0.6) is 0 Å². The van der Waals surface area contributed by atoms with E-state index in [9.17, 15) is 0 Å². The van der Waals surface area contributed by atoms with Crippen molar-refractivity contribution in [2.45, 2.75) is 41.0 Å². The molecule has 0 unspecified atom stereocenters. The maximum Gasteiger partial charge on any atom is 0.164 e. The van der Waals surface area contributed by atoms with Crippen LogP contribution in [-0.4, -0.2) is 31.3 Å². The highest BCUT2D eigenvalue weighted by Gasteiger charge is 2.14. The second-order valence-electron chi connectivity index (χ2n) is 4.61. The predicted octanol–water partition coefficient (Wildman–Crippen LogP) is 2.11. The Hall–Kier alpha value is -1.98. The lowest BCUT2D eigenvalue weighted by Gasteiger charge is -2.12. The molecular weight excluding hydrogens is 240 g/mol. The summed E-state index contributed by atoms with van der Waals surface area (Å²) in [5, 5.41) is 7.72. The summed E-state index contributed by atoms with van der Waals surface area (Å²) < 4.78 is 1.77. The van der Waals surface area contributed by atoms with Crippen molar-refractivity contribution < 1.29 is 0 Å². The molecule has 102 valence electrons. The Kier molecular flexibility index (Phi) is 3.78. The van der Waals surface area contributed by atoms with Crippen molar-refractivity contribution in [1.82, 2.24) is 24.7 Å². The number of hydrogen-bond acceptors (Lipinski definition) is 5. The van der Waals surface area contributed by atoms with Crippen LogP contribution >= 0.6 is 0 Å². The lowest BCUT2D eigenvalue weighted by atomic mass is 10.3. The topological polar surface area (TPSA) is 68.5 Å². The smallest absolute Gasteiger partial charge is 0.164 e. The zero-order valence-corrected chi connectivity index (χ0v) is 12.2. The van der Waals surface area contributed by atoms with Gasteiger partial charge in [0.05, 0.1) is 0 Å². The molecule has 6 heteroatoms. The second kappa shape index (κ2) is 5.34. The maximum atomic E-state index is 4.50. The Bertz CT molecular complexity index is 587. The second-order valence-corrected chi connectivity index (χ2v) is 4.61. The van der Waals surface area contributed by atoms with E-state index in [4.69, 9.17) is 0 Å². The Morgan fingerprint density at radius 2 is 1.74 bits per heavy atom. The van der Waals surface area contributed by atoms with Crippen LogP contribution in [0.25, 0.3) is 5.82 Å². The van der Waals surface area contributed by atoms with Crippen LogP contribution in [0.15, 0.2) is 0 Å². The van der Waals surface area contributed by atoms with E-state index >= 15 is 0 Å². The van der Waals surface area contributed by atoms with Gasteiger partial charge in [0, 0.05) is 12.1 Å². The molecular formula is C13H20N6. The Labute approximate surface area is 113 Å². The van der Waals surface area contributed by atoms with Crippen LogP contribution in [-0.2, 0) is 0 Å². The van der Waals surface area contributed by atoms with Crippen LogP contribution in [0.2, 0.25) is 0 Å². The largest absolute Gasteiger partial charge is 0.370 e. The van der Waals surface area contributed by atoms with Gasteiger partial charge in [-0.05, 0) is 34.1 Å². The number of nitrogens with zero attached hydrogens (tertiary/aromatic N) is 5. The van der Waals surface area contributed by atoms with Crippen molar-refractivity contribution in [2.75, 3.05) is 11.9 Å². The molecule has 0 saturated heterocycles. The molecule has 6 nitrogen and oxygen atoms in total. The molecule has 1 N–H and O–H groups in total. The van der Waals surface area contributed by atoms with Gasteiger partial charge in [-0.15, -0.1) is 5.10 Å². The number of rotatable bonds is 4. The maximum absolute atomic E-state index is 4.50. The minimum atomic E-state index is 0.728. The molecule has 0 aliphatic carbocycles. The lowest BCUT2D eigenvalue weighted by molar-refractivity contribution is 0.781. The lowest BCUT2D eigenvalue weighted by Crippen LogP contribution is -2.12. The van der Waals surface area contributed by atoms with Gasteiger partial charge in [0.25, 0.3) is 0 Å². The SMILES string of the molecule is CCCNc1nc(C)nc(-n2nc(C)nc2C)c1C. The van der Waals surface area contributed by atoms with Crippen LogP contribution in [0.4, 0.5) is 5.82 Å². The van der Waals surface area contributed by atoms with Crippen molar-refractivity contribution in [3.05, 3.63) is 23.0 Å². The molecule has 0 amide bonds. The van der Waals surface area contributed by atoms with E-state index in [1.807, 2.05) is 27.7 Å². The number of anilines is 1. The first-order chi connectivity index (χ1) is 9.02. The van der Waals surface area contributed by atoms with Crippen LogP contribution in [0.1, 0.15) is 36.4 Å². The molecule has 19 heavy (non-hydrogen) atoms. The molecule has 0 aromatic carbocycles. The molecule has 0 bridgehead atoms. The molecule has 2 rings (SSSR count). The highest BCUT2D eigenvalue weighted by Crippen LogP contribution is 2.19. The Morgan fingerprint density at radius 1 is 1.00 bits per heavy atom. The summed E-state index contributed by atoms with van der Waals surface area (Å²) in [6.07, 6.45) is 1.05. The average Bonchev–Trinajstić information content (AvgIpc) is 2.69. The van der Waals surface area contributed by atoms with Gasteiger partial charge >= 0.3 is 0 Å². The van der Waals surface area contributed by atoms with E-state index in [0.717, 1.165) is 47.6 Å². The summed E-state index contributed by atoms with van der Waals surface area (Å²) in [6.45, 7) is 10.7. The molecule has 0 saturated carbocycles. The molecule has 2 aromatic rings. The fraction of sp³-hybridized carbons (Fsp3) is 0.538. The third-order valence-corrected chi connectivity index (χ3v) is 2.85. The molecule has 2 heterocycles. The quantitative estimate of drug-likeness (QED) is 0.911. The van der Waals surface area contributed by atoms with E-state index in [1.165, 1.54) is 0 Å². The number of aryl methyl sites for hydroxylation is 3. The monoisotopic (exact) mass is 260 g/mol. The Morgan fingerprint density at radius 3 is 2.32 bits per heavy atom. The van der Waals surface area contributed by atoms with Crippen molar-refractivity contribution in [1.29, 1.82) is 0 Å². The molecule has 0 atom stereocenters. The summed E-state index contributed by atoms with van der Waals surface area (Å²) >= 11 is 0. The van der Waals surface area contributed by atoms with Crippen molar-refractivity contribution in [2.24, 2.45) is 0 Å². The van der Waals surface area contributed by atoms with Gasteiger partial charge in [0.2, 0.25) is 0 Å². The van der Waals surface area contributed by atoms with Gasteiger partial charge in [0.15, 0.2) is 5.82 Å². The molecule has 0 aliphatic rings. The highest BCUT2D eigenvalue weighted by molar-refractivity contribution is 5.51. The van der Waals surface area contributed by atoms with E-state index < -0.39 is 0 Å².